The average Bonchev–Trinajstić information content (AvgIpc) is 2.74. The Kier molecular flexibility index (Phi) is 2.23. The molecule has 2 fully saturated rings. The summed E-state index contributed by atoms with van der Waals surface area (Å²) in [5.74, 6) is -1.46. The van der Waals surface area contributed by atoms with Gasteiger partial charge in [0.1, 0.15) is 5.60 Å². The monoisotopic (exact) mass is 264 g/mol. The number of aliphatic hydroxyl groups is 1. The van der Waals surface area contributed by atoms with Crippen molar-refractivity contribution in [2.24, 2.45) is 22.7 Å². The van der Waals surface area contributed by atoms with Crippen LogP contribution in [0.1, 0.15) is 40.0 Å². The predicted octanol–water partition coefficient (Wildman–Crippen LogP) is 1.77. The molecule has 4 atom stereocenters. The van der Waals surface area contributed by atoms with E-state index >= 15 is 0 Å². The van der Waals surface area contributed by atoms with Crippen LogP contribution in [0.4, 0.5) is 0 Å². The Morgan fingerprint density at radius 1 is 1.37 bits per heavy atom. The molecule has 104 valence electrons. The van der Waals surface area contributed by atoms with Gasteiger partial charge in [-0.05, 0) is 31.1 Å². The largest absolute Gasteiger partial charge is 0.478 e. The second kappa shape index (κ2) is 3.29. The summed E-state index contributed by atoms with van der Waals surface area (Å²) in [6, 6.07) is 0. The lowest BCUT2D eigenvalue weighted by Crippen LogP contribution is -2.49. The Hall–Kier alpha value is -1.16. The van der Waals surface area contributed by atoms with Gasteiger partial charge in [-0.2, -0.15) is 0 Å². The molecule has 4 nitrogen and oxygen atoms in total. The smallest absolute Gasteiger partial charge is 0.331 e. The summed E-state index contributed by atoms with van der Waals surface area (Å²) < 4.78 is 0. The van der Waals surface area contributed by atoms with Crippen molar-refractivity contribution in [3.63, 3.8) is 0 Å². The highest BCUT2D eigenvalue weighted by atomic mass is 16.4. The van der Waals surface area contributed by atoms with Crippen LogP contribution in [-0.4, -0.2) is 27.6 Å². The number of carboxylic acid groups (broad SMARTS) is 1. The minimum Gasteiger partial charge on any atom is -0.478 e. The van der Waals surface area contributed by atoms with E-state index in [0.717, 1.165) is 6.42 Å². The van der Waals surface area contributed by atoms with E-state index in [1.807, 2.05) is 6.08 Å². The second-order valence-electron chi connectivity index (χ2n) is 7.37. The number of hydrogen-bond donors (Lipinski definition) is 2. The van der Waals surface area contributed by atoms with E-state index in [9.17, 15) is 19.8 Å². The SMILES string of the molecule is CC1(C)C[C@H]2C=C(C(=O)O)[C@@H]3CC(=O)[C@](C)(O)[C@]23C1. The zero-order chi connectivity index (χ0) is 14.2. The minimum atomic E-state index is -1.40. The van der Waals surface area contributed by atoms with Gasteiger partial charge in [0.05, 0.1) is 0 Å². The highest BCUT2D eigenvalue weighted by Gasteiger charge is 2.72. The highest BCUT2D eigenvalue weighted by Crippen LogP contribution is 2.70. The molecule has 19 heavy (non-hydrogen) atoms. The van der Waals surface area contributed by atoms with Crippen molar-refractivity contribution in [2.75, 3.05) is 0 Å². The summed E-state index contributed by atoms with van der Waals surface area (Å²) >= 11 is 0. The van der Waals surface area contributed by atoms with Crippen molar-refractivity contribution >= 4 is 11.8 Å². The van der Waals surface area contributed by atoms with Crippen LogP contribution >= 0.6 is 0 Å². The molecule has 0 aromatic rings. The van der Waals surface area contributed by atoms with Gasteiger partial charge in [-0.15, -0.1) is 0 Å². The first-order chi connectivity index (χ1) is 8.62. The molecule has 4 heteroatoms. The molecular weight excluding hydrogens is 244 g/mol. The molecular formula is C15H20O4. The summed E-state index contributed by atoms with van der Waals surface area (Å²) in [5.41, 5.74) is -1.62. The van der Waals surface area contributed by atoms with E-state index in [-0.39, 0.29) is 29.5 Å². The fraction of sp³-hybridized carbons (Fsp3) is 0.733. The lowest BCUT2D eigenvalue weighted by atomic mass is 9.65. The summed E-state index contributed by atoms with van der Waals surface area (Å²) in [6.45, 7) is 5.84. The molecule has 2 N–H and O–H groups in total. The van der Waals surface area contributed by atoms with Gasteiger partial charge in [-0.3, -0.25) is 4.79 Å². The maximum atomic E-state index is 12.2. The fourth-order valence-corrected chi connectivity index (χ4v) is 5.00. The standard InChI is InChI=1S/C15H20O4/c1-13(2)6-8-4-9(12(17)18)10-5-11(16)14(3,19)15(8,10)7-13/h4,8,10,19H,5-7H2,1-3H3,(H,17,18)/t8-,10+,14+,15-/m1/s1. The second-order valence-corrected chi connectivity index (χ2v) is 7.37. The number of allylic oxidation sites excluding steroid dienone is 1. The van der Waals surface area contributed by atoms with Crippen molar-refractivity contribution < 1.29 is 19.8 Å². The molecule has 0 saturated heterocycles. The van der Waals surface area contributed by atoms with E-state index in [4.69, 9.17) is 0 Å². The minimum absolute atomic E-state index is 0.0000463. The Labute approximate surface area is 112 Å². The molecule has 0 heterocycles. The summed E-state index contributed by atoms with van der Waals surface area (Å²) in [5, 5.41) is 20.1. The third-order valence-electron chi connectivity index (χ3n) is 5.67. The zero-order valence-corrected chi connectivity index (χ0v) is 11.6. The van der Waals surface area contributed by atoms with Crippen LogP contribution < -0.4 is 0 Å². The number of aliphatic carboxylic acids is 1. The van der Waals surface area contributed by atoms with Crippen LogP contribution in [0.15, 0.2) is 11.6 Å². The van der Waals surface area contributed by atoms with E-state index in [1.165, 1.54) is 0 Å². The van der Waals surface area contributed by atoms with Crippen molar-refractivity contribution in [3.05, 3.63) is 11.6 Å². The average molecular weight is 264 g/mol. The predicted molar refractivity (Wildman–Crippen MR) is 68.4 cm³/mol. The van der Waals surface area contributed by atoms with Crippen LogP contribution in [0.3, 0.4) is 0 Å². The van der Waals surface area contributed by atoms with E-state index in [2.05, 4.69) is 13.8 Å². The molecule has 3 aliphatic rings. The number of hydrogen-bond acceptors (Lipinski definition) is 3. The van der Waals surface area contributed by atoms with Gasteiger partial charge in [0.2, 0.25) is 0 Å². The van der Waals surface area contributed by atoms with E-state index < -0.39 is 17.0 Å². The van der Waals surface area contributed by atoms with Gasteiger partial charge >= 0.3 is 5.97 Å². The van der Waals surface area contributed by atoms with Crippen LogP contribution in [0.5, 0.6) is 0 Å². The lowest BCUT2D eigenvalue weighted by Gasteiger charge is -2.40. The van der Waals surface area contributed by atoms with Gasteiger partial charge in [-0.1, -0.05) is 19.9 Å². The van der Waals surface area contributed by atoms with E-state index in [0.29, 0.717) is 12.0 Å². The molecule has 0 bridgehead atoms. The Morgan fingerprint density at radius 3 is 2.58 bits per heavy atom. The molecule has 0 radical (unpaired) electrons. The first kappa shape index (κ1) is 12.9. The number of ketones is 1. The van der Waals surface area contributed by atoms with Gasteiger partial charge in [0, 0.05) is 23.3 Å². The Bertz CT molecular complexity index is 514. The molecule has 1 spiro atoms. The molecule has 0 unspecified atom stereocenters. The number of carbonyl (C=O) groups excluding carboxylic acids is 1. The van der Waals surface area contributed by atoms with Gasteiger partial charge < -0.3 is 10.2 Å². The maximum Gasteiger partial charge on any atom is 0.331 e. The molecule has 3 aliphatic carbocycles. The van der Waals surface area contributed by atoms with Crippen molar-refractivity contribution in [2.45, 2.75) is 45.6 Å². The molecule has 3 rings (SSSR count). The number of carboxylic acids is 1. The molecule has 0 aromatic heterocycles. The summed E-state index contributed by atoms with van der Waals surface area (Å²) in [7, 11) is 0. The van der Waals surface area contributed by atoms with Crippen LogP contribution in [0.25, 0.3) is 0 Å². The number of rotatable bonds is 1. The normalized spacial score (nSPS) is 46.9. The van der Waals surface area contributed by atoms with Gasteiger partial charge in [-0.25, -0.2) is 4.79 Å². The maximum absolute atomic E-state index is 12.2. The van der Waals surface area contributed by atoms with Gasteiger partial charge in [0.15, 0.2) is 5.78 Å². The summed E-state index contributed by atoms with van der Waals surface area (Å²) in [4.78, 5) is 23.5. The topological polar surface area (TPSA) is 74.6 Å². The van der Waals surface area contributed by atoms with Crippen LogP contribution in [0, 0.1) is 22.7 Å². The quantitative estimate of drug-likeness (QED) is 0.757. The molecule has 0 aromatic carbocycles. The van der Waals surface area contributed by atoms with Crippen LogP contribution in [-0.2, 0) is 9.59 Å². The highest BCUT2D eigenvalue weighted by molar-refractivity contribution is 5.97. The first-order valence-corrected chi connectivity index (χ1v) is 6.82. The summed E-state index contributed by atoms with van der Waals surface area (Å²) in [6.07, 6.45) is 3.52. The fourth-order valence-electron chi connectivity index (χ4n) is 5.00. The van der Waals surface area contributed by atoms with Crippen molar-refractivity contribution in [1.82, 2.24) is 0 Å². The number of carbonyl (C=O) groups is 2. The zero-order valence-electron chi connectivity index (χ0n) is 11.6. The Morgan fingerprint density at radius 2 is 2.00 bits per heavy atom. The Balaban J connectivity index is 2.17. The van der Waals surface area contributed by atoms with Crippen LogP contribution in [0.2, 0.25) is 0 Å². The van der Waals surface area contributed by atoms with Gasteiger partial charge in [0.25, 0.3) is 0 Å². The molecule has 0 aliphatic heterocycles. The van der Waals surface area contributed by atoms with E-state index in [1.54, 1.807) is 6.92 Å². The molecule has 0 amide bonds. The third-order valence-corrected chi connectivity index (χ3v) is 5.67. The van der Waals surface area contributed by atoms with Crippen molar-refractivity contribution in [1.29, 1.82) is 0 Å². The first-order valence-electron chi connectivity index (χ1n) is 6.82. The number of Topliss-reactive ketones (excluding diaryl/α,β-unsaturated/α-hetero) is 1. The molecule has 2 saturated carbocycles. The van der Waals surface area contributed by atoms with Crippen molar-refractivity contribution in [3.8, 4) is 0 Å². The lowest BCUT2D eigenvalue weighted by molar-refractivity contribution is -0.144. The third kappa shape index (κ3) is 1.33.